The second-order valence-electron chi connectivity index (χ2n) is 10.4. The molecule has 0 radical (unpaired) electrons. The average Bonchev–Trinajstić information content (AvgIpc) is 3.52. The van der Waals surface area contributed by atoms with Crippen LogP contribution in [0.1, 0.15) is 41.9 Å². The molecule has 10 nitrogen and oxygen atoms in total. The van der Waals surface area contributed by atoms with E-state index in [1.807, 2.05) is 12.2 Å². The van der Waals surface area contributed by atoms with Gasteiger partial charge in [0.2, 0.25) is 0 Å². The van der Waals surface area contributed by atoms with E-state index in [4.69, 9.17) is 14.2 Å². The van der Waals surface area contributed by atoms with Crippen LogP contribution in [0.5, 0.6) is 11.5 Å². The summed E-state index contributed by atoms with van der Waals surface area (Å²) < 4.78 is 87.5. The number of methoxy groups -OCH3 is 2. The highest BCUT2D eigenvalue weighted by Gasteiger charge is 2.38. The largest absolute Gasteiger partial charge is 0.496 e. The Labute approximate surface area is 266 Å². The van der Waals surface area contributed by atoms with Gasteiger partial charge in [0.25, 0.3) is 5.91 Å². The van der Waals surface area contributed by atoms with Gasteiger partial charge in [-0.05, 0) is 55.3 Å². The van der Waals surface area contributed by atoms with E-state index in [1.54, 1.807) is 34.9 Å². The first-order chi connectivity index (χ1) is 22.3. The van der Waals surface area contributed by atoms with E-state index in [2.05, 4.69) is 10.3 Å². The molecule has 0 fully saturated rings. The summed E-state index contributed by atoms with van der Waals surface area (Å²) in [5.41, 5.74) is 1.07. The highest BCUT2D eigenvalue weighted by atomic mass is 19.4. The number of hydrogen-bond donors (Lipinski definition) is 3. The van der Waals surface area contributed by atoms with Gasteiger partial charge in [-0.15, -0.1) is 0 Å². The Morgan fingerprint density at radius 3 is 2.19 bits per heavy atom. The topological polar surface area (TPSA) is 123 Å². The van der Waals surface area contributed by atoms with Crippen molar-refractivity contribution in [2.24, 2.45) is 0 Å². The lowest BCUT2D eigenvalue weighted by atomic mass is 10.0. The Morgan fingerprint density at radius 2 is 1.66 bits per heavy atom. The van der Waals surface area contributed by atoms with E-state index < -0.39 is 59.4 Å². The van der Waals surface area contributed by atoms with Crippen molar-refractivity contribution >= 4 is 23.2 Å². The fourth-order valence-electron chi connectivity index (χ4n) is 5.09. The van der Waals surface area contributed by atoms with E-state index in [0.29, 0.717) is 59.3 Å². The third-order valence-electron chi connectivity index (χ3n) is 7.37. The summed E-state index contributed by atoms with van der Waals surface area (Å²) >= 11 is 0. The van der Waals surface area contributed by atoms with E-state index in [9.17, 15) is 36.6 Å². The Kier molecular flexibility index (Phi) is 10.9. The molecule has 0 spiro atoms. The van der Waals surface area contributed by atoms with Crippen molar-refractivity contribution in [3.63, 3.8) is 0 Å². The zero-order chi connectivity index (χ0) is 34.5. The summed E-state index contributed by atoms with van der Waals surface area (Å²) in [5, 5.41) is 14.0. The molecule has 4 rings (SSSR count). The van der Waals surface area contributed by atoms with Gasteiger partial charge in [0.05, 0.1) is 26.4 Å². The highest BCUT2D eigenvalue weighted by Crippen LogP contribution is 2.41. The fourth-order valence-corrected chi connectivity index (χ4v) is 5.09. The molecule has 47 heavy (non-hydrogen) atoms. The molecular formula is C32H33F5N4O6. The molecule has 0 saturated carbocycles. The number of benzene rings is 2. The van der Waals surface area contributed by atoms with Crippen molar-refractivity contribution in [3.8, 4) is 22.6 Å². The van der Waals surface area contributed by atoms with Gasteiger partial charge < -0.3 is 34.4 Å². The number of alkyl halides is 3. The predicted octanol–water partition coefficient (Wildman–Crippen LogP) is 6.01. The predicted molar refractivity (Wildman–Crippen MR) is 162 cm³/mol. The van der Waals surface area contributed by atoms with Crippen LogP contribution in [0.4, 0.5) is 27.6 Å². The first-order valence-corrected chi connectivity index (χ1v) is 14.5. The number of carboxylic acids is 1. The smallest absolute Gasteiger partial charge is 0.408 e. The van der Waals surface area contributed by atoms with Crippen LogP contribution in [0.25, 0.3) is 16.8 Å². The zero-order valence-electron chi connectivity index (χ0n) is 25.9. The van der Waals surface area contributed by atoms with Gasteiger partial charge in [-0.3, -0.25) is 4.79 Å². The number of nitrogens with zero attached hydrogens (tertiary/aromatic N) is 2. The lowest BCUT2D eigenvalue weighted by Gasteiger charge is -2.22. The summed E-state index contributed by atoms with van der Waals surface area (Å²) in [7, 11) is 3.00. The maximum atomic E-state index is 14.9. The maximum Gasteiger partial charge on any atom is 0.408 e. The van der Waals surface area contributed by atoms with Crippen molar-refractivity contribution < 1.29 is 50.9 Å². The van der Waals surface area contributed by atoms with Crippen LogP contribution >= 0.6 is 0 Å². The Bertz CT molecular complexity index is 1710. The second kappa shape index (κ2) is 14.7. The number of fused-ring (bicyclic) bond motifs is 1. The first-order valence-electron chi connectivity index (χ1n) is 14.5. The van der Waals surface area contributed by atoms with Crippen LogP contribution in [0.3, 0.4) is 0 Å². The van der Waals surface area contributed by atoms with Crippen LogP contribution < -0.4 is 20.1 Å². The van der Waals surface area contributed by atoms with Gasteiger partial charge in [0.15, 0.2) is 0 Å². The number of rotatable bonds is 14. The number of carbonyl (C=O) groups excluding carboxylic acids is 1. The van der Waals surface area contributed by atoms with Crippen LogP contribution in [-0.2, 0) is 22.6 Å². The molecule has 0 unspecified atom stereocenters. The summed E-state index contributed by atoms with van der Waals surface area (Å²) in [6.07, 6.45) is -2.36. The number of pyridine rings is 1. The number of anilines is 1. The minimum atomic E-state index is -4.68. The molecule has 2 atom stereocenters. The van der Waals surface area contributed by atoms with Crippen molar-refractivity contribution in [1.82, 2.24) is 14.7 Å². The van der Waals surface area contributed by atoms with Crippen molar-refractivity contribution in [1.29, 1.82) is 0 Å². The lowest BCUT2D eigenvalue weighted by molar-refractivity contribution is -0.143. The van der Waals surface area contributed by atoms with Gasteiger partial charge in [-0.25, -0.2) is 18.6 Å². The molecule has 0 bridgehead atoms. The fraction of sp³-hybridized carbons (Fsp3) is 0.344. The Balaban J connectivity index is 1.63. The van der Waals surface area contributed by atoms with Crippen LogP contribution in [0, 0.1) is 11.6 Å². The first kappa shape index (κ1) is 34.9. The molecule has 2 aromatic heterocycles. The number of amides is 1. The minimum absolute atomic E-state index is 0.329. The molecule has 0 aliphatic rings. The van der Waals surface area contributed by atoms with E-state index in [1.165, 1.54) is 27.3 Å². The number of hydrogen-bond acceptors (Lipinski definition) is 7. The highest BCUT2D eigenvalue weighted by molar-refractivity contribution is 5.97. The summed E-state index contributed by atoms with van der Waals surface area (Å²) in [5.74, 6) is -4.89. The van der Waals surface area contributed by atoms with Crippen LogP contribution in [0.2, 0.25) is 0 Å². The molecule has 2 heterocycles. The third-order valence-corrected chi connectivity index (χ3v) is 7.37. The van der Waals surface area contributed by atoms with Crippen LogP contribution in [0.15, 0.2) is 48.8 Å². The van der Waals surface area contributed by atoms with Crippen LogP contribution in [-0.4, -0.2) is 65.5 Å². The number of carbonyl (C=O) groups is 2. The molecular weight excluding hydrogens is 631 g/mol. The Morgan fingerprint density at radius 1 is 1.02 bits per heavy atom. The van der Waals surface area contributed by atoms with E-state index in [-0.39, 0.29) is 6.42 Å². The molecule has 0 saturated heterocycles. The molecule has 0 aliphatic heterocycles. The monoisotopic (exact) mass is 664 g/mol. The number of ether oxygens (including phenoxy) is 3. The van der Waals surface area contributed by atoms with Gasteiger partial charge >= 0.3 is 12.1 Å². The number of aliphatic carboxylic acids is 1. The zero-order valence-corrected chi connectivity index (χ0v) is 25.9. The van der Waals surface area contributed by atoms with Crippen molar-refractivity contribution in [3.05, 3.63) is 77.2 Å². The molecule has 15 heteroatoms. The number of imidazole rings is 1. The molecule has 3 N–H and O–H groups in total. The normalized spacial score (nSPS) is 12.9. The summed E-state index contributed by atoms with van der Waals surface area (Å²) in [4.78, 5) is 29.5. The molecule has 4 aromatic rings. The van der Waals surface area contributed by atoms with Gasteiger partial charge in [0, 0.05) is 42.4 Å². The molecule has 2 aromatic carbocycles. The SMILES string of the molecule is CCOCc1cc(OC)c(-c2ccc(C[C@H](NC(=O)c3c(F)cc(N[C@@H](CC)C(F)(F)F)cc3F)C(=O)O)n3ccnc23)c(OC)c1. The lowest BCUT2D eigenvalue weighted by Crippen LogP contribution is -2.43. The second-order valence-corrected chi connectivity index (χ2v) is 10.4. The summed E-state index contributed by atoms with van der Waals surface area (Å²) in [6, 6.07) is 4.23. The van der Waals surface area contributed by atoms with E-state index in [0.717, 1.165) is 5.56 Å². The van der Waals surface area contributed by atoms with E-state index >= 15 is 0 Å². The number of aromatic nitrogens is 2. The average molecular weight is 665 g/mol. The number of halogens is 5. The van der Waals surface area contributed by atoms with Gasteiger partial charge in [-0.2, -0.15) is 13.2 Å². The standard InChI is InChI=1S/C32H33F5N4O6/c1-5-26(32(35,36)37)39-18-13-21(33)28(22(34)14-18)30(42)40-23(31(43)44)15-19-7-8-20(29-38-9-10-41(19)29)27-24(45-3)11-17(16-47-6-2)12-25(27)46-4/h7-14,23,26,39H,5-6,15-16H2,1-4H3,(H,40,42)(H,43,44)/t23-,26-/m0/s1. The molecule has 1 amide bonds. The quantitative estimate of drug-likeness (QED) is 0.140. The third kappa shape index (κ3) is 7.73. The number of nitrogens with one attached hydrogen (secondary N) is 2. The maximum absolute atomic E-state index is 14.9. The number of carboxylic acid groups (broad SMARTS) is 1. The molecule has 0 aliphatic carbocycles. The minimum Gasteiger partial charge on any atom is -0.496 e. The molecule has 252 valence electrons. The van der Waals surface area contributed by atoms with Gasteiger partial charge in [0.1, 0.15) is 46.4 Å². The Hall–Kier alpha value is -4.92. The van der Waals surface area contributed by atoms with Gasteiger partial charge in [-0.1, -0.05) is 6.92 Å². The van der Waals surface area contributed by atoms with Crippen molar-refractivity contribution in [2.45, 2.75) is 51.6 Å². The summed E-state index contributed by atoms with van der Waals surface area (Å²) in [6.45, 7) is 3.96. The van der Waals surface area contributed by atoms with Crippen molar-refractivity contribution in [2.75, 3.05) is 26.1 Å².